The molecule has 3 nitrogen and oxygen atoms in total. The second kappa shape index (κ2) is 5.32. The molecule has 5 rings (SSSR count). The van der Waals surface area contributed by atoms with Crippen molar-refractivity contribution >= 4 is 21.4 Å². The number of nitrogens with one attached hydrogen (secondary N) is 1. The molecule has 122 valence electrons. The van der Waals surface area contributed by atoms with Crippen molar-refractivity contribution in [2.24, 2.45) is 23.2 Å². The van der Waals surface area contributed by atoms with Gasteiger partial charge < -0.3 is 0 Å². The van der Waals surface area contributed by atoms with E-state index < -0.39 is 10.0 Å². The van der Waals surface area contributed by atoms with Gasteiger partial charge in [-0.05, 0) is 79.6 Å². The third-order valence-electron chi connectivity index (χ3n) is 6.29. The molecule has 1 atom stereocenters. The molecule has 1 aromatic heterocycles. The van der Waals surface area contributed by atoms with Gasteiger partial charge in [0.2, 0.25) is 10.0 Å². The maximum atomic E-state index is 12.7. The van der Waals surface area contributed by atoms with Gasteiger partial charge in [0.15, 0.2) is 0 Å². The Bertz CT molecular complexity index is 600. The lowest BCUT2D eigenvalue weighted by molar-refractivity contribution is -0.0704. The Hall–Kier alpha value is -0.390. The first-order valence-electron chi connectivity index (χ1n) is 8.56. The van der Waals surface area contributed by atoms with Crippen LogP contribution in [0.4, 0.5) is 0 Å². The second-order valence-corrected chi connectivity index (χ2v) is 10.7. The minimum atomic E-state index is -3.35. The molecule has 0 spiro atoms. The van der Waals surface area contributed by atoms with Gasteiger partial charge in [0.25, 0.3) is 0 Å². The van der Waals surface area contributed by atoms with Crippen LogP contribution in [0.25, 0.3) is 0 Å². The zero-order valence-corrected chi connectivity index (χ0v) is 14.8. The standard InChI is InChI=1S/C17H25NO2S2/c1-2-15(18-22(19,20)16-4-3-5-21-16)17-9-12-6-13(10-17)8-14(7-12)11-17/h3-5,12-15,18H,2,6-11H2,1H3. The van der Waals surface area contributed by atoms with E-state index in [1.165, 1.54) is 49.9 Å². The van der Waals surface area contributed by atoms with Crippen LogP contribution >= 0.6 is 11.3 Å². The van der Waals surface area contributed by atoms with E-state index in [0.29, 0.717) is 4.21 Å². The molecule has 1 unspecified atom stereocenters. The number of sulfonamides is 1. The molecule has 1 N–H and O–H groups in total. The quantitative estimate of drug-likeness (QED) is 0.880. The normalized spacial score (nSPS) is 38.3. The van der Waals surface area contributed by atoms with E-state index in [1.54, 1.807) is 6.07 Å². The summed E-state index contributed by atoms with van der Waals surface area (Å²) < 4.78 is 28.8. The number of hydrogen-bond acceptors (Lipinski definition) is 3. The molecule has 1 aromatic rings. The number of thiophene rings is 1. The van der Waals surface area contributed by atoms with Gasteiger partial charge >= 0.3 is 0 Å². The molecule has 1 heterocycles. The van der Waals surface area contributed by atoms with Crippen molar-refractivity contribution in [1.29, 1.82) is 0 Å². The highest BCUT2D eigenvalue weighted by Gasteiger charge is 2.54. The molecule has 4 aliphatic carbocycles. The molecular formula is C17H25NO2S2. The van der Waals surface area contributed by atoms with Gasteiger partial charge in [0.1, 0.15) is 4.21 Å². The predicted octanol–water partition coefficient (Wildman–Crippen LogP) is 4.02. The molecule has 4 bridgehead atoms. The van der Waals surface area contributed by atoms with Gasteiger partial charge in [-0.1, -0.05) is 13.0 Å². The molecule has 0 radical (unpaired) electrons. The van der Waals surface area contributed by atoms with Crippen molar-refractivity contribution in [3.8, 4) is 0 Å². The third kappa shape index (κ3) is 2.45. The molecule has 4 fully saturated rings. The largest absolute Gasteiger partial charge is 0.250 e. The smallest absolute Gasteiger partial charge is 0.207 e. The van der Waals surface area contributed by atoms with Crippen molar-refractivity contribution in [1.82, 2.24) is 4.72 Å². The van der Waals surface area contributed by atoms with Crippen molar-refractivity contribution in [2.75, 3.05) is 0 Å². The van der Waals surface area contributed by atoms with E-state index in [-0.39, 0.29) is 11.5 Å². The Balaban J connectivity index is 1.60. The van der Waals surface area contributed by atoms with Crippen LogP contribution in [0.1, 0.15) is 51.9 Å². The van der Waals surface area contributed by atoms with Gasteiger partial charge in [-0.3, -0.25) is 0 Å². The zero-order chi connectivity index (χ0) is 15.4. The molecule has 0 amide bonds. The summed E-state index contributed by atoms with van der Waals surface area (Å²) in [6, 6.07) is 3.62. The fourth-order valence-electron chi connectivity index (χ4n) is 5.91. The lowest BCUT2D eigenvalue weighted by atomic mass is 9.47. The first kappa shape index (κ1) is 15.2. The van der Waals surface area contributed by atoms with E-state index in [1.807, 2.05) is 11.4 Å². The summed E-state index contributed by atoms with van der Waals surface area (Å²) in [5.74, 6) is 2.56. The second-order valence-electron chi connectivity index (χ2n) is 7.79. The first-order chi connectivity index (χ1) is 10.5. The Morgan fingerprint density at radius 2 is 1.82 bits per heavy atom. The highest BCUT2D eigenvalue weighted by atomic mass is 32.2. The number of hydrogen-bond donors (Lipinski definition) is 1. The topological polar surface area (TPSA) is 46.2 Å². The van der Waals surface area contributed by atoms with Crippen LogP contribution in [-0.4, -0.2) is 14.5 Å². The summed E-state index contributed by atoms with van der Waals surface area (Å²) in [7, 11) is -3.35. The summed E-state index contributed by atoms with van der Waals surface area (Å²) in [5.41, 5.74) is 0.230. The van der Waals surface area contributed by atoms with Crippen molar-refractivity contribution in [3.05, 3.63) is 17.5 Å². The minimum absolute atomic E-state index is 0.105. The van der Waals surface area contributed by atoms with Crippen molar-refractivity contribution in [3.63, 3.8) is 0 Å². The van der Waals surface area contributed by atoms with Crippen LogP contribution in [-0.2, 0) is 10.0 Å². The highest BCUT2D eigenvalue weighted by Crippen LogP contribution is 2.61. The summed E-state index contributed by atoms with van der Waals surface area (Å²) in [6.07, 6.45) is 8.81. The van der Waals surface area contributed by atoms with Gasteiger partial charge in [-0.25, -0.2) is 13.1 Å². The van der Waals surface area contributed by atoms with Crippen LogP contribution in [0.3, 0.4) is 0 Å². The third-order valence-corrected chi connectivity index (χ3v) is 9.16. The maximum Gasteiger partial charge on any atom is 0.250 e. The van der Waals surface area contributed by atoms with Gasteiger partial charge in [-0.15, -0.1) is 11.3 Å². The fourth-order valence-corrected chi connectivity index (χ4v) is 8.34. The Morgan fingerprint density at radius 1 is 1.23 bits per heavy atom. The molecule has 4 saturated carbocycles. The SMILES string of the molecule is CCC(NS(=O)(=O)c1cccs1)C12CC3CC(CC(C3)C1)C2. The summed E-state index contributed by atoms with van der Waals surface area (Å²) in [5, 5.41) is 1.83. The molecule has 5 heteroatoms. The van der Waals surface area contributed by atoms with E-state index in [2.05, 4.69) is 11.6 Å². The lowest BCUT2D eigenvalue weighted by Crippen LogP contribution is -2.56. The zero-order valence-electron chi connectivity index (χ0n) is 13.1. The van der Waals surface area contributed by atoms with E-state index in [4.69, 9.17) is 0 Å². The minimum Gasteiger partial charge on any atom is -0.207 e. The lowest BCUT2D eigenvalue weighted by Gasteiger charge is -2.59. The average molecular weight is 340 g/mol. The molecular weight excluding hydrogens is 314 g/mol. The summed E-state index contributed by atoms with van der Waals surface area (Å²) >= 11 is 1.31. The van der Waals surface area contributed by atoms with Crippen LogP contribution in [0.5, 0.6) is 0 Å². The van der Waals surface area contributed by atoms with Gasteiger partial charge in [0, 0.05) is 6.04 Å². The van der Waals surface area contributed by atoms with Gasteiger partial charge in [0.05, 0.1) is 0 Å². The monoisotopic (exact) mass is 339 g/mol. The highest BCUT2D eigenvalue weighted by molar-refractivity contribution is 7.91. The molecule has 0 aromatic carbocycles. The van der Waals surface area contributed by atoms with Gasteiger partial charge in [-0.2, -0.15) is 0 Å². The Kier molecular flexibility index (Phi) is 3.66. The summed E-state index contributed by atoms with van der Waals surface area (Å²) in [6.45, 7) is 2.14. The maximum absolute atomic E-state index is 12.7. The van der Waals surface area contributed by atoms with E-state index >= 15 is 0 Å². The van der Waals surface area contributed by atoms with E-state index in [9.17, 15) is 8.42 Å². The molecule has 4 aliphatic rings. The van der Waals surface area contributed by atoms with Crippen LogP contribution in [0, 0.1) is 23.2 Å². The van der Waals surface area contributed by atoms with Crippen LogP contribution < -0.4 is 4.72 Å². The molecule has 0 aliphatic heterocycles. The van der Waals surface area contributed by atoms with Crippen LogP contribution in [0.15, 0.2) is 21.7 Å². The summed E-state index contributed by atoms with van der Waals surface area (Å²) in [4.78, 5) is 0. The Morgan fingerprint density at radius 3 is 2.27 bits per heavy atom. The van der Waals surface area contributed by atoms with Crippen LogP contribution in [0.2, 0.25) is 0 Å². The number of rotatable bonds is 5. The van der Waals surface area contributed by atoms with Crippen molar-refractivity contribution < 1.29 is 8.42 Å². The molecule has 22 heavy (non-hydrogen) atoms. The average Bonchev–Trinajstić information content (AvgIpc) is 2.98. The predicted molar refractivity (Wildman–Crippen MR) is 89.3 cm³/mol. The first-order valence-corrected chi connectivity index (χ1v) is 10.9. The fraction of sp³-hybridized carbons (Fsp3) is 0.765. The van der Waals surface area contributed by atoms with Crippen molar-refractivity contribution in [2.45, 2.75) is 62.1 Å². The Labute approximate surface area is 137 Å². The molecule has 0 saturated heterocycles. The van der Waals surface area contributed by atoms with E-state index in [0.717, 1.165) is 24.2 Å².